The van der Waals surface area contributed by atoms with Crippen LogP contribution in [0, 0.1) is 13.8 Å². The average Bonchev–Trinajstić information content (AvgIpc) is 2.92. The highest BCUT2D eigenvalue weighted by molar-refractivity contribution is 6.32. The van der Waals surface area contributed by atoms with E-state index in [0.717, 1.165) is 32.9 Å². The van der Waals surface area contributed by atoms with Gasteiger partial charge in [0.1, 0.15) is 23.8 Å². The van der Waals surface area contributed by atoms with Crippen molar-refractivity contribution in [2.75, 3.05) is 6.61 Å². The number of imidazole rings is 1. The maximum Gasteiger partial charge on any atom is 0.141 e. The number of hydrogen-bond acceptors (Lipinski definition) is 3. The van der Waals surface area contributed by atoms with Gasteiger partial charge in [0.05, 0.1) is 17.6 Å². The molecule has 0 bridgehead atoms. The van der Waals surface area contributed by atoms with Gasteiger partial charge in [0, 0.05) is 5.02 Å². The molecule has 0 aliphatic heterocycles. The Hall–Kier alpha value is -2.04. The fourth-order valence-corrected chi connectivity index (χ4v) is 3.12. The van der Waals surface area contributed by atoms with Gasteiger partial charge in [0.2, 0.25) is 0 Å². The Bertz CT molecular complexity index is 887. The van der Waals surface area contributed by atoms with Gasteiger partial charge in [-0.3, -0.25) is 0 Å². The molecule has 0 unspecified atom stereocenters. The van der Waals surface area contributed by atoms with E-state index in [-0.39, 0.29) is 0 Å². The first kappa shape index (κ1) is 17.8. The van der Waals surface area contributed by atoms with Crippen molar-refractivity contribution in [3.05, 3.63) is 58.4 Å². The number of para-hydroxylation sites is 2. The topological polar surface area (TPSA) is 47.3 Å². The molecule has 1 heterocycles. The summed E-state index contributed by atoms with van der Waals surface area (Å²) in [6, 6.07) is 11.8. The van der Waals surface area contributed by atoms with Crippen LogP contribution in [-0.4, -0.2) is 21.3 Å². The molecule has 1 N–H and O–H groups in total. The quantitative estimate of drug-likeness (QED) is 0.724. The van der Waals surface area contributed by atoms with Crippen molar-refractivity contribution in [3.63, 3.8) is 0 Å². The highest BCUT2D eigenvalue weighted by atomic mass is 35.5. The molecule has 5 heteroatoms. The van der Waals surface area contributed by atoms with Crippen LogP contribution in [0.25, 0.3) is 11.0 Å². The number of ether oxygens (including phenoxy) is 1. The number of benzene rings is 2. The van der Waals surface area contributed by atoms with E-state index < -0.39 is 5.60 Å². The second kappa shape index (κ2) is 6.70. The summed E-state index contributed by atoms with van der Waals surface area (Å²) >= 11 is 6.21. The molecule has 0 atom stereocenters. The monoisotopic (exact) mass is 358 g/mol. The molecule has 0 saturated heterocycles. The van der Waals surface area contributed by atoms with Crippen molar-refractivity contribution in [2.45, 2.75) is 39.8 Å². The standard InChI is InChI=1S/C20H23ClN2O2/c1-13-11-15(12-14(2)18(13)21)25-10-9-23-17-8-6-5-7-16(17)22-19(23)20(3,4)24/h5-8,11-12,24H,9-10H2,1-4H3. The van der Waals surface area contributed by atoms with Crippen LogP contribution in [0.1, 0.15) is 30.8 Å². The van der Waals surface area contributed by atoms with Gasteiger partial charge in [0.25, 0.3) is 0 Å². The minimum atomic E-state index is -1.02. The second-order valence-corrected chi connectivity index (χ2v) is 7.23. The minimum absolute atomic E-state index is 0.476. The molecule has 0 aliphatic carbocycles. The Kier molecular flexibility index (Phi) is 4.76. The SMILES string of the molecule is Cc1cc(OCCn2c(C(C)(C)O)nc3ccccc32)cc(C)c1Cl. The highest BCUT2D eigenvalue weighted by Gasteiger charge is 2.24. The summed E-state index contributed by atoms with van der Waals surface area (Å²) in [4.78, 5) is 4.59. The molecule has 0 saturated carbocycles. The lowest BCUT2D eigenvalue weighted by Gasteiger charge is -2.19. The van der Waals surface area contributed by atoms with Crippen LogP contribution in [-0.2, 0) is 12.1 Å². The molecule has 0 fully saturated rings. The van der Waals surface area contributed by atoms with Gasteiger partial charge in [-0.15, -0.1) is 0 Å². The van der Waals surface area contributed by atoms with E-state index in [9.17, 15) is 5.11 Å². The van der Waals surface area contributed by atoms with Crippen LogP contribution in [0.3, 0.4) is 0 Å². The van der Waals surface area contributed by atoms with Crippen LogP contribution < -0.4 is 4.74 Å². The Morgan fingerprint density at radius 1 is 1.16 bits per heavy atom. The summed E-state index contributed by atoms with van der Waals surface area (Å²) in [7, 11) is 0. The average molecular weight is 359 g/mol. The summed E-state index contributed by atoms with van der Waals surface area (Å²) in [5.74, 6) is 1.44. The zero-order chi connectivity index (χ0) is 18.2. The first-order valence-electron chi connectivity index (χ1n) is 8.35. The number of aromatic nitrogens is 2. The number of fused-ring (bicyclic) bond motifs is 1. The molecule has 0 radical (unpaired) electrons. The molecule has 0 spiro atoms. The third-order valence-corrected chi connectivity index (χ3v) is 4.79. The van der Waals surface area contributed by atoms with Gasteiger partial charge < -0.3 is 14.4 Å². The molecule has 132 valence electrons. The van der Waals surface area contributed by atoms with Crippen molar-refractivity contribution in [1.82, 2.24) is 9.55 Å². The lowest BCUT2D eigenvalue weighted by Crippen LogP contribution is -2.23. The number of halogens is 1. The second-order valence-electron chi connectivity index (χ2n) is 6.85. The first-order valence-corrected chi connectivity index (χ1v) is 8.73. The van der Waals surface area contributed by atoms with Crippen LogP contribution in [0.5, 0.6) is 5.75 Å². The van der Waals surface area contributed by atoms with Crippen LogP contribution >= 0.6 is 11.6 Å². The molecule has 0 amide bonds. The van der Waals surface area contributed by atoms with Crippen molar-refractivity contribution < 1.29 is 9.84 Å². The summed E-state index contributed by atoms with van der Waals surface area (Å²) in [6.45, 7) is 8.51. The predicted molar refractivity (Wildman–Crippen MR) is 101 cm³/mol. The van der Waals surface area contributed by atoms with E-state index in [2.05, 4.69) is 4.98 Å². The van der Waals surface area contributed by atoms with Gasteiger partial charge in [-0.2, -0.15) is 0 Å². The number of nitrogens with zero attached hydrogens (tertiary/aromatic N) is 2. The zero-order valence-corrected chi connectivity index (χ0v) is 15.8. The molecule has 2 aromatic carbocycles. The van der Waals surface area contributed by atoms with Crippen LogP contribution in [0.2, 0.25) is 5.02 Å². The third-order valence-electron chi connectivity index (χ3n) is 4.20. The van der Waals surface area contributed by atoms with E-state index in [4.69, 9.17) is 16.3 Å². The molecule has 25 heavy (non-hydrogen) atoms. The number of aliphatic hydroxyl groups is 1. The molecule has 4 nitrogen and oxygen atoms in total. The fourth-order valence-electron chi connectivity index (χ4n) is 3.01. The maximum atomic E-state index is 10.5. The summed E-state index contributed by atoms with van der Waals surface area (Å²) in [5.41, 5.74) is 2.85. The minimum Gasteiger partial charge on any atom is -0.492 e. The number of hydrogen-bond donors (Lipinski definition) is 1. The Morgan fingerprint density at radius 2 is 1.80 bits per heavy atom. The van der Waals surface area contributed by atoms with Gasteiger partial charge >= 0.3 is 0 Å². The Balaban J connectivity index is 1.84. The normalized spacial score (nSPS) is 11.9. The predicted octanol–water partition coefficient (Wildman–Crippen LogP) is 4.61. The molecular weight excluding hydrogens is 336 g/mol. The fraction of sp³-hybridized carbons (Fsp3) is 0.350. The largest absolute Gasteiger partial charge is 0.492 e. The Morgan fingerprint density at radius 3 is 2.44 bits per heavy atom. The lowest BCUT2D eigenvalue weighted by atomic mass is 10.1. The number of aryl methyl sites for hydroxylation is 2. The van der Waals surface area contributed by atoms with E-state index in [0.29, 0.717) is 19.0 Å². The molecule has 3 aromatic rings. The van der Waals surface area contributed by atoms with E-state index >= 15 is 0 Å². The van der Waals surface area contributed by atoms with E-state index in [1.54, 1.807) is 13.8 Å². The first-order chi connectivity index (χ1) is 11.8. The molecular formula is C20H23ClN2O2. The van der Waals surface area contributed by atoms with Crippen LogP contribution in [0.4, 0.5) is 0 Å². The van der Waals surface area contributed by atoms with E-state index in [1.807, 2.05) is 54.8 Å². The van der Waals surface area contributed by atoms with Crippen molar-refractivity contribution in [2.24, 2.45) is 0 Å². The van der Waals surface area contributed by atoms with E-state index in [1.165, 1.54) is 0 Å². The molecule has 1 aromatic heterocycles. The summed E-state index contributed by atoms with van der Waals surface area (Å²) < 4.78 is 7.94. The molecule has 0 aliphatic rings. The lowest BCUT2D eigenvalue weighted by molar-refractivity contribution is 0.0644. The summed E-state index contributed by atoms with van der Waals surface area (Å²) in [6.07, 6.45) is 0. The zero-order valence-electron chi connectivity index (χ0n) is 15.0. The van der Waals surface area contributed by atoms with Crippen molar-refractivity contribution >= 4 is 22.6 Å². The molecule has 3 rings (SSSR count). The third kappa shape index (κ3) is 3.65. The van der Waals surface area contributed by atoms with Gasteiger partial charge in [-0.1, -0.05) is 23.7 Å². The van der Waals surface area contributed by atoms with Crippen molar-refractivity contribution in [1.29, 1.82) is 0 Å². The maximum absolute atomic E-state index is 10.5. The van der Waals surface area contributed by atoms with Crippen LogP contribution in [0.15, 0.2) is 36.4 Å². The van der Waals surface area contributed by atoms with Gasteiger partial charge in [-0.05, 0) is 63.1 Å². The number of rotatable bonds is 5. The van der Waals surface area contributed by atoms with Crippen molar-refractivity contribution in [3.8, 4) is 5.75 Å². The van der Waals surface area contributed by atoms with Gasteiger partial charge in [-0.25, -0.2) is 4.98 Å². The highest BCUT2D eigenvalue weighted by Crippen LogP contribution is 2.27. The smallest absolute Gasteiger partial charge is 0.141 e. The Labute approximate surface area is 153 Å². The van der Waals surface area contributed by atoms with Gasteiger partial charge in [0.15, 0.2) is 0 Å². The summed E-state index contributed by atoms with van der Waals surface area (Å²) in [5, 5.41) is 11.2.